The van der Waals surface area contributed by atoms with Crippen LogP contribution in [-0.4, -0.2) is 13.3 Å². The molecule has 0 aliphatic heterocycles. The summed E-state index contributed by atoms with van der Waals surface area (Å²) in [5.41, 5.74) is 2.89. The Morgan fingerprint density at radius 1 is 0.875 bits per heavy atom. The van der Waals surface area contributed by atoms with Gasteiger partial charge in [-0.05, 0) is 42.5 Å². The summed E-state index contributed by atoms with van der Waals surface area (Å²) in [7, 11) is 1.66. The van der Waals surface area contributed by atoms with Crippen molar-refractivity contribution in [3.63, 3.8) is 0 Å². The summed E-state index contributed by atoms with van der Waals surface area (Å²) in [6, 6.07) is 26.0. The molecule has 4 heteroatoms. The largest absolute Gasteiger partial charge is 0.496 e. The molecule has 120 valence electrons. The molecule has 0 unspecified atom stereocenters. The highest BCUT2D eigenvalue weighted by Gasteiger charge is 2.07. The maximum atomic E-state index is 5.41. The molecule has 0 aromatic heterocycles. The van der Waals surface area contributed by atoms with E-state index in [4.69, 9.17) is 9.84 Å². The minimum atomic E-state index is 0.781. The van der Waals surface area contributed by atoms with Crippen LogP contribution in [0.25, 0.3) is 0 Å². The molecule has 3 nitrogen and oxygen atoms in total. The lowest BCUT2D eigenvalue weighted by molar-refractivity contribution is 0.414. The summed E-state index contributed by atoms with van der Waals surface area (Å²) in [4.78, 5) is 0. The van der Waals surface area contributed by atoms with E-state index < -0.39 is 0 Å². The summed E-state index contributed by atoms with van der Waals surface area (Å²) < 4.78 is 6.40. The first kappa shape index (κ1) is 16.3. The lowest BCUT2D eigenvalue weighted by Gasteiger charge is -2.19. The first-order chi connectivity index (χ1) is 11.8. The summed E-state index contributed by atoms with van der Waals surface area (Å²) in [5.74, 6) is 0.781. The number of ether oxygens (including phenoxy) is 1. The van der Waals surface area contributed by atoms with Gasteiger partial charge in [0, 0.05) is 10.0 Å². The summed E-state index contributed by atoms with van der Waals surface area (Å²) in [5, 5.41) is 6.59. The standard InChI is InChI=1S/C20H17BrN2O/c1-24-20-13-12-17(21)14-16(20)15-22-23(18-8-4-2-5-9-18)19-10-6-3-7-11-19/h2-15H,1H3/b22-15-. The third kappa shape index (κ3) is 3.84. The Hall–Kier alpha value is -2.59. The molecule has 0 heterocycles. The first-order valence-corrected chi connectivity index (χ1v) is 8.35. The zero-order valence-electron chi connectivity index (χ0n) is 13.3. The molecule has 0 spiro atoms. The van der Waals surface area contributed by atoms with E-state index >= 15 is 0 Å². The zero-order chi connectivity index (χ0) is 16.8. The summed E-state index contributed by atoms with van der Waals surface area (Å²) >= 11 is 3.49. The second-order valence-electron chi connectivity index (χ2n) is 5.11. The third-order valence-corrected chi connectivity index (χ3v) is 4.00. The average molecular weight is 381 g/mol. The van der Waals surface area contributed by atoms with Crippen molar-refractivity contribution in [1.29, 1.82) is 0 Å². The molecule has 0 atom stereocenters. The monoisotopic (exact) mass is 380 g/mol. The van der Waals surface area contributed by atoms with Crippen LogP contribution in [0, 0.1) is 0 Å². The highest BCUT2D eigenvalue weighted by atomic mass is 79.9. The highest BCUT2D eigenvalue weighted by Crippen LogP contribution is 2.26. The lowest BCUT2D eigenvalue weighted by Crippen LogP contribution is -2.09. The number of nitrogens with zero attached hydrogens (tertiary/aromatic N) is 2. The van der Waals surface area contributed by atoms with Gasteiger partial charge >= 0.3 is 0 Å². The fourth-order valence-corrected chi connectivity index (χ4v) is 2.73. The molecule has 0 fully saturated rings. The van der Waals surface area contributed by atoms with Gasteiger partial charge in [-0.25, -0.2) is 5.01 Å². The van der Waals surface area contributed by atoms with E-state index in [0.29, 0.717) is 0 Å². The van der Waals surface area contributed by atoms with Crippen molar-refractivity contribution in [2.75, 3.05) is 12.1 Å². The van der Waals surface area contributed by atoms with Crippen molar-refractivity contribution < 1.29 is 4.74 Å². The fourth-order valence-electron chi connectivity index (χ4n) is 2.35. The molecule has 0 aliphatic carbocycles. The van der Waals surface area contributed by atoms with Crippen LogP contribution in [0.15, 0.2) is 88.4 Å². The second kappa shape index (κ2) is 7.79. The predicted molar refractivity (Wildman–Crippen MR) is 103 cm³/mol. The van der Waals surface area contributed by atoms with Crippen LogP contribution in [0.3, 0.4) is 0 Å². The van der Waals surface area contributed by atoms with Crippen LogP contribution in [0.5, 0.6) is 5.75 Å². The van der Waals surface area contributed by atoms with Crippen LogP contribution in [-0.2, 0) is 0 Å². The quantitative estimate of drug-likeness (QED) is 0.423. The van der Waals surface area contributed by atoms with Crippen LogP contribution in [0.2, 0.25) is 0 Å². The fraction of sp³-hybridized carbons (Fsp3) is 0.0500. The minimum Gasteiger partial charge on any atom is -0.496 e. The van der Waals surface area contributed by atoms with Crippen LogP contribution < -0.4 is 9.75 Å². The van der Waals surface area contributed by atoms with Gasteiger partial charge in [-0.1, -0.05) is 52.3 Å². The number of hydrogen-bond acceptors (Lipinski definition) is 3. The molecular weight excluding hydrogens is 364 g/mol. The number of halogens is 1. The van der Waals surface area contributed by atoms with E-state index in [9.17, 15) is 0 Å². The maximum absolute atomic E-state index is 5.41. The highest BCUT2D eigenvalue weighted by molar-refractivity contribution is 9.10. The molecule has 0 N–H and O–H groups in total. The molecule has 24 heavy (non-hydrogen) atoms. The zero-order valence-corrected chi connectivity index (χ0v) is 14.8. The molecule has 0 amide bonds. The van der Waals surface area contributed by atoms with E-state index in [1.54, 1.807) is 7.11 Å². The Balaban J connectivity index is 2.00. The number of para-hydroxylation sites is 2. The van der Waals surface area contributed by atoms with Crippen molar-refractivity contribution in [3.05, 3.63) is 88.9 Å². The Labute approximate surface area is 150 Å². The van der Waals surface area contributed by atoms with E-state index in [1.807, 2.05) is 90.1 Å². The molecule has 3 aromatic rings. The normalized spacial score (nSPS) is 10.8. The Morgan fingerprint density at radius 3 is 2.00 bits per heavy atom. The molecule has 0 bridgehead atoms. The van der Waals surface area contributed by atoms with E-state index in [0.717, 1.165) is 27.2 Å². The number of hydrogen-bond donors (Lipinski definition) is 0. The van der Waals surface area contributed by atoms with Crippen LogP contribution in [0.4, 0.5) is 11.4 Å². The van der Waals surface area contributed by atoms with E-state index in [1.165, 1.54) is 0 Å². The van der Waals surface area contributed by atoms with Crippen LogP contribution in [0.1, 0.15) is 5.56 Å². The molecule has 0 saturated carbocycles. The average Bonchev–Trinajstić information content (AvgIpc) is 2.64. The molecule has 0 aliphatic rings. The van der Waals surface area contributed by atoms with Gasteiger partial charge in [0.2, 0.25) is 0 Å². The van der Waals surface area contributed by atoms with Gasteiger partial charge in [-0.15, -0.1) is 0 Å². The van der Waals surface area contributed by atoms with Gasteiger partial charge in [0.05, 0.1) is 24.7 Å². The van der Waals surface area contributed by atoms with Gasteiger partial charge in [-0.2, -0.15) is 5.10 Å². The molecule has 0 saturated heterocycles. The van der Waals surface area contributed by atoms with Gasteiger partial charge < -0.3 is 4.74 Å². The predicted octanol–water partition coefficient (Wildman–Crippen LogP) is 5.63. The number of hydrazone groups is 1. The van der Waals surface area contributed by atoms with Crippen LogP contribution >= 0.6 is 15.9 Å². The van der Waals surface area contributed by atoms with Gasteiger partial charge in [0.15, 0.2) is 0 Å². The number of methoxy groups -OCH3 is 1. The maximum Gasteiger partial charge on any atom is 0.127 e. The van der Waals surface area contributed by atoms with E-state index in [2.05, 4.69) is 15.9 Å². The summed E-state index contributed by atoms with van der Waals surface area (Å²) in [6.45, 7) is 0. The number of anilines is 2. The van der Waals surface area contributed by atoms with Crippen molar-refractivity contribution in [2.24, 2.45) is 5.10 Å². The Bertz CT molecular complexity index is 780. The number of benzene rings is 3. The number of rotatable bonds is 5. The first-order valence-electron chi connectivity index (χ1n) is 7.55. The minimum absolute atomic E-state index is 0.781. The van der Waals surface area contributed by atoms with E-state index in [-0.39, 0.29) is 0 Å². The SMILES string of the molecule is COc1ccc(Br)cc1/C=N\N(c1ccccc1)c1ccccc1. The Kier molecular flexibility index (Phi) is 5.29. The van der Waals surface area contributed by atoms with Gasteiger partial charge in [-0.3, -0.25) is 0 Å². The van der Waals surface area contributed by atoms with Crippen molar-refractivity contribution in [2.45, 2.75) is 0 Å². The second-order valence-corrected chi connectivity index (χ2v) is 6.03. The van der Waals surface area contributed by atoms with Gasteiger partial charge in [0.25, 0.3) is 0 Å². The van der Waals surface area contributed by atoms with Crippen molar-refractivity contribution >= 4 is 33.5 Å². The molecule has 0 radical (unpaired) electrons. The third-order valence-electron chi connectivity index (χ3n) is 3.51. The molecular formula is C20H17BrN2O. The van der Waals surface area contributed by atoms with Gasteiger partial charge in [0.1, 0.15) is 5.75 Å². The molecule has 3 aromatic carbocycles. The Morgan fingerprint density at radius 2 is 1.46 bits per heavy atom. The summed E-state index contributed by atoms with van der Waals surface area (Å²) in [6.07, 6.45) is 1.81. The topological polar surface area (TPSA) is 24.8 Å². The lowest BCUT2D eigenvalue weighted by atomic mass is 10.2. The van der Waals surface area contributed by atoms with Crippen molar-refractivity contribution in [1.82, 2.24) is 0 Å². The molecule has 3 rings (SSSR count). The smallest absolute Gasteiger partial charge is 0.127 e. The van der Waals surface area contributed by atoms with Crippen molar-refractivity contribution in [3.8, 4) is 5.75 Å².